The summed E-state index contributed by atoms with van der Waals surface area (Å²) >= 11 is 3.32. The smallest absolute Gasteiger partial charge is 0.380 e. The Kier molecular flexibility index (Phi) is 6.54. The van der Waals surface area contributed by atoms with Gasteiger partial charge in [0.05, 0.1) is 12.3 Å². The first-order valence-electron chi connectivity index (χ1n) is 11.9. The van der Waals surface area contributed by atoms with Crippen LogP contribution >= 0.6 is 15.9 Å². The number of carbonyl (C=O) groups is 1. The van der Waals surface area contributed by atoms with Crippen molar-refractivity contribution >= 4 is 33.4 Å². The van der Waals surface area contributed by atoms with Crippen molar-refractivity contribution in [2.45, 2.75) is 56.1 Å². The van der Waals surface area contributed by atoms with E-state index >= 15 is 4.39 Å². The van der Waals surface area contributed by atoms with E-state index in [1.807, 2.05) is 4.90 Å². The van der Waals surface area contributed by atoms with E-state index in [9.17, 15) is 22.4 Å². The molecule has 0 radical (unpaired) electrons. The van der Waals surface area contributed by atoms with Gasteiger partial charge in [0.1, 0.15) is 22.9 Å². The Morgan fingerprint density at radius 1 is 1.16 bits per heavy atom. The summed E-state index contributed by atoms with van der Waals surface area (Å²) in [5, 5.41) is 2.67. The Morgan fingerprint density at radius 3 is 2.46 bits per heavy atom. The number of benzene rings is 1. The first-order chi connectivity index (χ1) is 17.5. The van der Waals surface area contributed by atoms with Crippen molar-refractivity contribution in [3.8, 4) is 0 Å². The second-order valence-electron chi connectivity index (χ2n) is 9.66. The minimum atomic E-state index is -4.73. The van der Waals surface area contributed by atoms with E-state index < -0.39 is 34.8 Å². The number of carbonyl (C=O) groups excluding carboxylic acids is 1. The van der Waals surface area contributed by atoms with E-state index in [2.05, 4.69) is 31.2 Å². The molecule has 2 aliphatic heterocycles. The maximum atomic E-state index is 15.4. The van der Waals surface area contributed by atoms with Gasteiger partial charge in [0.25, 0.3) is 5.91 Å². The Bertz CT molecular complexity index is 1270. The Labute approximate surface area is 218 Å². The number of hydrogen-bond donors (Lipinski definition) is 1. The first-order valence-corrected chi connectivity index (χ1v) is 12.7. The molecule has 5 rings (SSSR count). The van der Waals surface area contributed by atoms with Gasteiger partial charge in [-0.15, -0.1) is 0 Å². The van der Waals surface area contributed by atoms with Gasteiger partial charge >= 0.3 is 6.18 Å². The molecule has 12 heteroatoms. The van der Waals surface area contributed by atoms with E-state index in [1.54, 1.807) is 6.07 Å². The number of pyridine rings is 1. The molecule has 0 unspecified atom stereocenters. The summed E-state index contributed by atoms with van der Waals surface area (Å²) in [5.74, 6) is -0.775. The molecule has 1 N–H and O–H groups in total. The number of nitrogens with zero attached hydrogens (tertiary/aromatic N) is 3. The van der Waals surface area contributed by atoms with Gasteiger partial charge in [-0.05, 0) is 56.4 Å². The van der Waals surface area contributed by atoms with Crippen molar-refractivity contribution in [1.82, 2.24) is 10.3 Å². The number of amidine groups is 1. The Balaban J connectivity index is 1.44. The molecule has 1 saturated carbocycles. The zero-order chi connectivity index (χ0) is 26.6. The van der Waals surface area contributed by atoms with Gasteiger partial charge in [-0.1, -0.05) is 15.9 Å². The molecule has 1 aliphatic carbocycles. The number of hydrogen-bond acceptors (Lipinski definition) is 5. The van der Waals surface area contributed by atoms with E-state index in [0.29, 0.717) is 35.2 Å². The average molecular weight is 587 g/mol. The van der Waals surface area contributed by atoms with Crippen molar-refractivity contribution in [1.29, 1.82) is 0 Å². The lowest BCUT2D eigenvalue weighted by molar-refractivity contribution is -0.141. The standard InChI is InChI=1S/C25H24BrF5N4O2/c1-37-13-16-17(27)11-14(26)12-18(16)35-9-7-24(8-10-35)22(36)33-21(34-24)15-3-4-19(25(29,30)31)32-20(15)23(28)5-2-6-23/h3-4,11-12H,2,5-10,13H2,1H3,(H,33,34,36). The number of ether oxygens (including phenoxy) is 1. The predicted molar refractivity (Wildman–Crippen MR) is 130 cm³/mol. The molecule has 6 nitrogen and oxygen atoms in total. The third-order valence-corrected chi connectivity index (χ3v) is 7.81. The minimum absolute atomic E-state index is 0.0344. The number of rotatable bonds is 5. The van der Waals surface area contributed by atoms with Crippen LogP contribution in [0.4, 0.5) is 27.6 Å². The van der Waals surface area contributed by atoms with E-state index in [1.165, 1.54) is 13.2 Å². The molecular weight excluding hydrogens is 563 g/mol. The van der Waals surface area contributed by atoms with Gasteiger partial charge in [-0.25, -0.2) is 13.8 Å². The highest BCUT2D eigenvalue weighted by molar-refractivity contribution is 9.10. The quantitative estimate of drug-likeness (QED) is 0.476. The lowest BCUT2D eigenvalue weighted by Crippen LogP contribution is -2.49. The monoisotopic (exact) mass is 586 g/mol. The van der Waals surface area contributed by atoms with Crippen LogP contribution in [0.5, 0.6) is 0 Å². The maximum Gasteiger partial charge on any atom is 0.433 e. The van der Waals surface area contributed by atoms with Crippen LogP contribution in [0.3, 0.4) is 0 Å². The van der Waals surface area contributed by atoms with E-state index in [0.717, 1.165) is 12.1 Å². The van der Waals surface area contributed by atoms with Crippen LogP contribution in [0, 0.1) is 5.82 Å². The zero-order valence-corrected chi connectivity index (χ0v) is 21.5. The molecule has 0 atom stereocenters. The number of amides is 1. The number of halogens is 6. The molecule has 198 valence electrons. The largest absolute Gasteiger partial charge is 0.433 e. The average Bonchev–Trinajstić information content (AvgIpc) is 3.14. The normalized spacial score (nSPS) is 20.6. The molecule has 37 heavy (non-hydrogen) atoms. The van der Waals surface area contributed by atoms with Crippen molar-refractivity contribution in [3.63, 3.8) is 0 Å². The molecule has 1 spiro atoms. The number of piperidine rings is 1. The van der Waals surface area contributed by atoms with Crippen molar-refractivity contribution in [3.05, 3.63) is 57.1 Å². The number of methoxy groups -OCH3 is 1. The number of aromatic nitrogens is 1. The van der Waals surface area contributed by atoms with Gasteiger partial charge in [-0.2, -0.15) is 13.2 Å². The number of aliphatic imine (C=N–C) groups is 1. The zero-order valence-electron chi connectivity index (χ0n) is 19.9. The highest BCUT2D eigenvalue weighted by Gasteiger charge is 2.49. The van der Waals surface area contributed by atoms with Crippen LogP contribution in [-0.4, -0.2) is 42.5 Å². The third-order valence-electron chi connectivity index (χ3n) is 7.35. The fraction of sp³-hybridized carbons (Fsp3) is 0.480. The van der Waals surface area contributed by atoms with Gasteiger partial charge in [0, 0.05) is 41.5 Å². The van der Waals surface area contributed by atoms with Crippen molar-refractivity contribution in [2.75, 3.05) is 25.1 Å². The Morgan fingerprint density at radius 2 is 1.86 bits per heavy atom. The Hall–Kier alpha value is -2.60. The molecule has 1 amide bonds. The van der Waals surface area contributed by atoms with Crippen LogP contribution in [0.2, 0.25) is 0 Å². The molecule has 0 bridgehead atoms. The number of alkyl halides is 4. The SMILES string of the molecule is COCc1c(F)cc(Br)cc1N1CCC2(CC1)N=C(c1ccc(C(F)(F)F)nc1C1(F)CCC1)NC2=O. The highest BCUT2D eigenvalue weighted by atomic mass is 79.9. The molecular formula is C25H24BrF5N4O2. The number of anilines is 1. The molecule has 1 saturated heterocycles. The molecule has 1 aromatic heterocycles. The molecule has 1 aromatic carbocycles. The summed E-state index contributed by atoms with van der Waals surface area (Å²) in [6.07, 6.45) is -3.51. The lowest BCUT2D eigenvalue weighted by atomic mass is 9.77. The summed E-state index contributed by atoms with van der Waals surface area (Å²) in [6, 6.07) is 5.07. The first kappa shape index (κ1) is 26.0. The van der Waals surface area contributed by atoms with Gasteiger partial charge in [0.2, 0.25) is 0 Å². The fourth-order valence-electron chi connectivity index (χ4n) is 5.13. The number of nitrogens with one attached hydrogen (secondary N) is 1. The summed E-state index contributed by atoms with van der Waals surface area (Å²) in [6.45, 7) is 0.831. The van der Waals surface area contributed by atoms with Crippen molar-refractivity contribution < 1.29 is 31.5 Å². The van der Waals surface area contributed by atoms with Crippen LogP contribution in [-0.2, 0) is 28.0 Å². The molecule has 2 aromatic rings. The van der Waals surface area contributed by atoms with E-state index in [4.69, 9.17) is 4.74 Å². The van der Waals surface area contributed by atoms with Gasteiger partial charge < -0.3 is 15.0 Å². The summed E-state index contributed by atoms with van der Waals surface area (Å²) in [5.41, 5.74) is -3.56. The fourth-order valence-corrected chi connectivity index (χ4v) is 5.55. The van der Waals surface area contributed by atoms with E-state index in [-0.39, 0.29) is 49.4 Å². The van der Waals surface area contributed by atoms with Gasteiger partial charge in [-0.3, -0.25) is 9.79 Å². The van der Waals surface area contributed by atoms with Gasteiger partial charge in [0.15, 0.2) is 5.67 Å². The molecule has 3 heterocycles. The van der Waals surface area contributed by atoms with Crippen LogP contribution in [0.25, 0.3) is 0 Å². The van der Waals surface area contributed by atoms with Crippen LogP contribution < -0.4 is 10.2 Å². The summed E-state index contributed by atoms with van der Waals surface area (Å²) < 4.78 is 75.7. The predicted octanol–water partition coefficient (Wildman–Crippen LogP) is 5.41. The summed E-state index contributed by atoms with van der Waals surface area (Å²) in [4.78, 5) is 23.3. The molecule has 2 fully saturated rings. The molecule has 3 aliphatic rings. The lowest BCUT2D eigenvalue weighted by Gasteiger charge is -2.37. The van der Waals surface area contributed by atoms with Crippen molar-refractivity contribution in [2.24, 2.45) is 4.99 Å². The topological polar surface area (TPSA) is 66.8 Å². The van der Waals surface area contributed by atoms with Crippen LogP contribution in [0.1, 0.15) is 54.6 Å². The third kappa shape index (κ3) is 4.62. The second kappa shape index (κ2) is 9.30. The summed E-state index contributed by atoms with van der Waals surface area (Å²) in [7, 11) is 1.48. The maximum absolute atomic E-state index is 15.4. The minimum Gasteiger partial charge on any atom is -0.380 e. The highest BCUT2D eigenvalue weighted by Crippen LogP contribution is 2.47. The van der Waals surface area contributed by atoms with Crippen LogP contribution in [0.15, 0.2) is 33.7 Å². The second-order valence-corrected chi connectivity index (χ2v) is 10.6.